The van der Waals surface area contributed by atoms with E-state index in [1.54, 1.807) is 12.3 Å². The van der Waals surface area contributed by atoms with Crippen LogP contribution in [0.1, 0.15) is 57.9 Å². The Hall–Kier alpha value is -3.53. The molecule has 0 aliphatic heterocycles. The van der Waals surface area contributed by atoms with E-state index in [1.165, 1.54) is 18.2 Å². The van der Waals surface area contributed by atoms with Crippen molar-refractivity contribution in [3.63, 3.8) is 0 Å². The Morgan fingerprint density at radius 1 is 0.892 bits per heavy atom. The van der Waals surface area contributed by atoms with Crippen molar-refractivity contribution >= 4 is 21.9 Å². The first-order valence-corrected chi connectivity index (χ1v) is 13.0. The largest absolute Gasteiger partial charge is 0.454 e. The van der Waals surface area contributed by atoms with Gasteiger partial charge in [-0.3, -0.25) is 0 Å². The molecule has 0 radical (unpaired) electrons. The normalized spacial score (nSPS) is 17.3. The Labute approximate surface area is 218 Å². The lowest BCUT2D eigenvalue weighted by atomic mass is 9.71. The number of benzene rings is 3. The smallest absolute Gasteiger partial charge is 0.219 e. The summed E-state index contributed by atoms with van der Waals surface area (Å²) >= 11 is 0. The van der Waals surface area contributed by atoms with Gasteiger partial charge >= 0.3 is 0 Å². The predicted molar refractivity (Wildman–Crippen MR) is 145 cm³/mol. The summed E-state index contributed by atoms with van der Waals surface area (Å²) in [5.41, 5.74) is 5.88. The van der Waals surface area contributed by atoms with Crippen LogP contribution in [0.15, 0.2) is 71.3 Å². The molecule has 188 valence electrons. The van der Waals surface area contributed by atoms with E-state index in [0.29, 0.717) is 28.0 Å². The fourth-order valence-corrected chi connectivity index (χ4v) is 5.75. The molecule has 0 spiro atoms. The zero-order valence-corrected chi connectivity index (χ0v) is 21.8. The molecule has 2 nitrogen and oxygen atoms in total. The van der Waals surface area contributed by atoms with Crippen molar-refractivity contribution in [3.05, 3.63) is 89.6 Å². The fourth-order valence-electron chi connectivity index (χ4n) is 5.75. The van der Waals surface area contributed by atoms with E-state index in [2.05, 4.69) is 13.8 Å². The van der Waals surface area contributed by atoms with Gasteiger partial charge in [-0.1, -0.05) is 50.2 Å². The molecule has 4 heteroatoms. The molecular formula is C33H32F2NO+. The van der Waals surface area contributed by atoms with Crippen molar-refractivity contribution in [1.82, 2.24) is 0 Å². The van der Waals surface area contributed by atoms with Crippen molar-refractivity contribution in [2.45, 2.75) is 52.3 Å². The number of hydrogen-bond acceptors (Lipinski definition) is 1. The standard InChI is InChI=1S/C33H32F2NO/c1-20-5-10-25-26-11-12-27(35)30(23-8-6-21(7-9-23)22-13-16-33(2,3)17-14-22)32(26)37-31(25)29(20)28-19-24(34)15-18-36(28)4/h5-12,15,18-19,22H,13-14,16-17H2,1-4H3/q+1/i22D. The SMILES string of the molecule is [2H]C1(c2ccc(-c3c(F)ccc4c3oc3c(-c5cc(F)cc[n+]5C)c(C)ccc34)cc2)CCC(C)(C)CC1. The van der Waals surface area contributed by atoms with E-state index >= 15 is 4.39 Å². The minimum Gasteiger partial charge on any atom is -0.454 e. The zero-order valence-electron chi connectivity index (χ0n) is 22.8. The summed E-state index contributed by atoms with van der Waals surface area (Å²) in [6.07, 6.45) is 5.38. The second kappa shape index (κ2) is 8.79. The van der Waals surface area contributed by atoms with Gasteiger partial charge in [0.25, 0.3) is 0 Å². The molecule has 0 bridgehead atoms. The highest BCUT2D eigenvalue weighted by Gasteiger charge is 2.28. The summed E-state index contributed by atoms with van der Waals surface area (Å²) in [7, 11) is 1.87. The molecule has 1 aliphatic rings. The van der Waals surface area contributed by atoms with Gasteiger partial charge < -0.3 is 4.42 Å². The minimum atomic E-state index is -0.606. The number of furan rings is 1. The van der Waals surface area contributed by atoms with E-state index in [1.807, 2.05) is 54.9 Å². The Balaban J connectivity index is 1.50. The Morgan fingerprint density at radius 2 is 1.54 bits per heavy atom. The van der Waals surface area contributed by atoms with Crippen LogP contribution in [0.25, 0.3) is 44.3 Å². The van der Waals surface area contributed by atoms with E-state index in [0.717, 1.165) is 53.1 Å². The molecule has 0 atom stereocenters. The lowest BCUT2D eigenvalue weighted by molar-refractivity contribution is -0.660. The molecule has 5 aromatic rings. The van der Waals surface area contributed by atoms with Crippen molar-refractivity contribution in [1.29, 1.82) is 0 Å². The van der Waals surface area contributed by atoms with Crippen LogP contribution in [0.2, 0.25) is 0 Å². The molecule has 2 aromatic heterocycles. The lowest BCUT2D eigenvalue weighted by Crippen LogP contribution is -2.30. The average Bonchev–Trinajstić information content (AvgIpc) is 3.26. The van der Waals surface area contributed by atoms with Crippen molar-refractivity contribution < 1.29 is 19.1 Å². The molecule has 1 saturated carbocycles. The maximum absolute atomic E-state index is 15.4. The first-order valence-electron chi connectivity index (χ1n) is 13.5. The van der Waals surface area contributed by atoms with Crippen LogP contribution in [-0.4, -0.2) is 0 Å². The van der Waals surface area contributed by atoms with Gasteiger partial charge in [-0.05, 0) is 72.7 Å². The number of pyridine rings is 1. The molecule has 0 amide bonds. The average molecular weight is 498 g/mol. The summed E-state index contributed by atoms with van der Waals surface area (Å²) in [5.74, 6) is -1.30. The van der Waals surface area contributed by atoms with Crippen LogP contribution in [0, 0.1) is 24.0 Å². The van der Waals surface area contributed by atoms with Gasteiger partial charge in [0.05, 0.1) is 11.1 Å². The number of aromatic nitrogens is 1. The summed E-state index contributed by atoms with van der Waals surface area (Å²) in [6.45, 7) is 6.51. The molecule has 0 saturated heterocycles. The molecular weight excluding hydrogens is 464 g/mol. The molecule has 3 aromatic carbocycles. The molecule has 6 rings (SSSR count). The number of rotatable bonds is 3. The highest BCUT2D eigenvalue weighted by molar-refractivity contribution is 6.13. The summed E-state index contributed by atoms with van der Waals surface area (Å²) in [5, 5.41) is 1.67. The van der Waals surface area contributed by atoms with Gasteiger partial charge in [-0.2, -0.15) is 0 Å². The lowest BCUT2D eigenvalue weighted by Gasteiger charge is -2.34. The van der Waals surface area contributed by atoms with Crippen molar-refractivity contribution in [2.24, 2.45) is 12.5 Å². The van der Waals surface area contributed by atoms with Gasteiger partial charge in [-0.15, -0.1) is 0 Å². The van der Waals surface area contributed by atoms with Gasteiger partial charge in [0.15, 0.2) is 6.20 Å². The third-order valence-corrected chi connectivity index (χ3v) is 8.12. The van der Waals surface area contributed by atoms with E-state index in [9.17, 15) is 4.39 Å². The summed E-state index contributed by atoms with van der Waals surface area (Å²) < 4.78 is 47.1. The molecule has 0 unspecified atom stereocenters. The first-order chi connectivity index (χ1) is 18.1. The van der Waals surface area contributed by atoms with Crippen molar-refractivity contribution in [3.8, 4) is 22.4 Å². The van der Waals surface area contributed by atoms with Crippen LogP contribution in [0.4, 0.5) is 8.78 Å². The quantitative estimate of drug-likeness (QED) is 0.227. The van der Waals surface area contributed by atoms with E-state index in [-0.39, 0.29) is 17.0 Å². The van der Waals surface area contributed by atoms with Crippen LogP contribution in [0.5, 0.6) is 0 Å². The Kier molecular flexibility index (Phi) is 5.38. The Morgan fingerprint density at radius 3 is 2.24 bits per heavy atom. The highest BCUT2D eigenvalue weighted by atomic mass is 19.1. The van der Waals surface area contributed by atoms with Crippen molar-refractivity contribution in [2.75, 3.05) is 0 Å². The van der Waals surface area contributed by atoms with Crippen LogP contribution < -0.4 is 4.57 Å². The first kappa shape index (κ1) is 22.7. The minimum absolute atomic E-state index is 0.282. The number of halogens is 2. The summed E-state index contributed by atoms with van der Waals surface area (Å²) in [6, 6.07) is 17.9. The fraction of sp³-hybridized carbons (Fsp3) is 0.303. The second-order valence-electron chi connectivity index (χ2n) is 11.2. The molecule has 1 fully saturated rings. The van der Waals surface area contributed by atoms with E-state index < -0.39 is 5.89 Å². The molecule has 2 heterocycles. The van der Waals surface area contributed by atoms with E-state index in [4.69, 9.17) is 5.79 Å². The Bertz CT molecular complexity index is 1690. The van der Waals surface area contributed by atoms with Crippen LogP contribution in [-0.2, 0) is 7.05 Å². The molecule has 0 N–H and O–H groups in total. The maximum atomic E-state index is 15.4. The maximum Gasteiger partial charge on any atom is 0.219 e. The predicted octanol–water partition coefficient (Wildman–Crippen LogP) is 9.01. The third kappa shape index (κ3) is 4.13. The van der Waals surface area contributed by atoms with Gasteiger partial charge in [-0.25, -0.2) is 13.3 Å². The monoisotopic (exact) mass is 497 g/mol. The van der Waals surface area contributed by atoms with Gasteiger partial charge in [0.1, 0.15) is 29.8 Å². The summed E-state index contributed by atoms with van der Waals surface area (Å²) in [4.78, 5) is 0. The van der Waals surface area contributed by atoms with Crippen LogP contribution in [0.3, 0.4) is 0 Å². The number of fused-ring (bicyclic) bond motifs is 3. The highest BCUT2D eigenvalue weighted by Crippen LogP contribution is 2.44. The number of nitrogens with zero attached hydrogens (tertiary/aromatic N) is 1. The van der Waals surface area contributed by atoms with Crippen LogP contribution >= 0.6 is 0 Å². The third-order valence-electron chi connectivity index (χ3n) is 8.12. The number of aryl methyl sites for hydroxylation is 2. The van der Waals surface area contributed by atoms with Gasteiger partial charge in [0, 0.05) is 24.3 Å². The number of hydrogen-bond donors (Lipinski definition) is 0. The van der Waals surface area contributed by atoms with Gasteiger partial charge in [0.2, 0.25) is 5.69 Å². The zero-order chi connectivity index (χ0) is 26.8. The molecule has 37 heavy (non-hydrogen) atoms. The topological polar surface area (TPSA) is 17.0 Å². The second-order valence-corrected chi connectivity index (χ2v) is 11.2. The molecule has 1 aliphatic carbocycles.